The Morgan fingerprint density at radius 1 is 0.844 bits per heavy atom. The molecular weight excluding hydrogens is 406 g/mol. The van der Waals surface area contributed by atoms with E-state index in [-0.39, 0.29) is 23.7 Å². The van der Waals surface area contributed by atoms with Crippen molar-refractivity contribution in [1.29, 1.82) is 0 Å². The van der Waals surface area contributed by atoms with E-state index in [2.05, 4.69) is 28.0 Å². The average Bonchev–Trinajstić information content (AvgIpc) is 3.51. The van der Waals surface area contributed by atoms with Gasteiger partial charge in [-0.25, -0.2) is 0 Å². The lowest BCUT2D eigenvalue weighted by Gasteiger charge is -2.37. The number of hydrogen-bond acceptors (Lipinski definition) is 6. The first-order chi connectivity index (χ1) is 15.7. The zero-order valence-electron chi connectivity index (χ0n) is 18.4. The van der Waals surface area contributed by atoms with Gasteiger partial charge >= 0.3 is 0 Å². The summed E-state index contributed by atoms with van der Waals surface area (Å²) in [6, 6.07) is 6.12. The molecule has 7 nitrogen and oxygen atoms in total. The van der Waals surface area contributed by atoms with Crippen molar-refractivity contribution < 1.29 is 19.1 Å². The molecule has 2 aliphatic carbocycles. The second-order valence-corrected chi connectivity index (χ2v) is 9.67. The van der Waals surface area contributed by atoms with Crippen LogP contribution in [0.2, 0.25) is 0 Å². The van der Waals surface area contributed by atoms with Crippen molar-refractivity contribution in [2.24, 2.45) is 23.7 Å². The summed E-state index contributed by atoms with van der Waals surface area (Å²) in [7, 11) is 0. The topological polar surface area (TPSA) is 62.3 Å². The van der Waals surface area contributed by atoms with Gasteiger partial charge in [-0.1, -0.05) is 18.2 Å². The average molecular weight is 438 g/mol. The number of unbranched alkanes of at least 4 members (excludes halogenated alkanes) is 1. The quantitative estimate of drug-likeness (QED) is 0.386. The fraction of sp³-hybridized carbons (Fsp3) is 0.600. The van der Waals surface area contributed by atoms with Crippen molar-refractivity contribution in [3.8, 4) is 11.5 Å². The van der Waals surface area contributed by atoms with Crippen molar-refractivity contribution in [1.82, 2.24) is 9.80 Å². The highest BCUT2D eigenvalue weighted by Gasteiger charge is 2.58. The molecule has 0 aromatic heterocycles. The van der Waals surface area contributed by atoms with Crippen LogP contribution in [0.25, 0.3) is 0 Å². The number of carbonyl (C=O) groups excluding carboxylic acids is 2. The van der Waals surface area contributed by atoms with Gasteiger partial charge in [-0.3, -0.25) is 19.4 Å². The fourth-order valence-corrected chi connectivity index (χ4v) is 6.31. The normalized spacial score (nSPS) is 31.0. The fourth-order valence-electron chi connectivity index (χ4n) is 6.31. The maximum absolute atomic E-state index is 12.8. The highest BCUT2D eigenvalue weighted by Crippen LogP contribution is 2.52. The van der Waals surface area contributed by atoms with Crippen LogP contribution in [-0.2, 0) is 9.59 Å². The number of imide groups is 1. The van der Waals surface area contributed by atoms with E-state index >= 15 is 0 Å². The molecule has 6 rings (SSSR count). The molecule has 3 aliphatic heterocycles. The molecule has 2 saturated heterocycles. The highest BCUT2D eigenvalue weighted by atomic mass is 16.6. The Hall–Kier alpha value is -2.54. The molecule has 0 spiro atoms. The molecule has 2 bridgehead atoms. The van der Waals surface area contributed by atoms with E-state index in [0.717, 1.165) is 69.2 Å². The molecule has 1 aromatic rings. The standard InChI is InChI=1S/C25H31N3O4/c29-24-21-17-6-7-18(16-17)22(21)25(30)28(24)9-2-1-8-26-10-12-27(13-11-26)19-4-3-5-20-23(19)32-15-14-31-20/h3-7,17-18,21-22H,1-2,8-16H2/t17-,18+,21+,22-. The highest BCUT2D eigenvalue weighted by molar-refractivity contribution is 6.06. The first-order valence-corrected chi connectivity index (χ1v) is 12.1. The molecule has 3 heterocycles. The van der Waals surface area contributed by atoms with Gasteiger partial charge in [0.05, 0.1) is 17.5 Å². The van der Waals surface area contributed by atoms with Gasteiger partial charge in [0.2, 0.25) is 11.8 Å². The van der Waals surface area contributed by atoms with Crippen LogP contribution in [0.4, 0.5) is 5.69 Å². The molecule has 3 fully saturated rings. The van der Waals surface area contributed by atoms with Crippen molar-refractivity contribution in [3.05, 3.63) is 30.4 Å². The number of benzene rings is 1. The largest absolute Gasteiger partial charge is 0.486 e. The van der Waals surface area contributed by atoms with Crippen LogP contribution in [0, 0.1) is 23.7 Å². The van der Waals surface area contributed by atoms with Crippen LogP contribution in [0.3, 0.4) is 0 Å². The van der Waals surface area contributed by atoms with Crippen molar-refractivity contribution >= 4 is 17.5 Å². The van der Waals surface area contributed by atoms with Crippen molar-refractivity contribution in [2.75, 3.05) is 57.4 Å². The molecule has 7 heteroatoms. The molecule has 170 valence electrons. The van der Waals surface area contributed by atoms with Gasteiger partial charge < -0.3 is 14.4 Å². The van der Waals surface area contributed by atoms with Crippen LogP contribution < -0.4 is 14.4 Å². The lowest BCUT2D eigenvalue weighted by Crippen LogP contribution is -2.47. The van der Waals surface area contributed by atoms with Gasteiger partial charge in [0.25, 0.3) is 0 Å². The van der Waals surface area contributed by atoms with Crippen molar-refractivity contribution in [2.45, 2.75) is 19.3 Å². The number of carbonyl (C=O) groups is 2. The summed E-state index contributed by atoms with van der Waals surface area (Å²) >= 11 is 0. The summed E-state index contributed by atoms with van der Waals surface area (Å²) < 4.78 is 11.6. The summed E-state index contributed by atoms with van der Waals surface area (Å²) in [4.78, 5) is 32.0. The van der Waals surface area contributed by atoms with Crippen LogP contribution in [-0.4, -0.2) is 74.1 Å². The van der Waals surface area contributed by atoms with Gasteiger partial charge in [-0.05, 0) is 49.8 Å². The maximum Gasteiger partial charge on any atom is 0.233 e. The molecule has 0 unspecified atom stereocenters. The van der Waals surface area contributed by atoms with E-state index in [9.17, 15) is 9.59 Å². The molecule has 32 heavy (non-hydrogen) atoms. The SMILES string of the molecule is O=C1[C@@H]2[C@H](C(=O)N1CCCCN1CCN(c3cccc4c3OCCO4)CC1)[C@H]1C=C[C@@H]2C1. The number of ether oxygens (including phenoxy) is 2. The minimum absolute atomic E-state index is 0.0660. The number of fused-ring (bicyclic) bond motifs is 6. The van der Waals surface area contributed by atoms with Gasteiger partial charge in [-0.15, -0.1) is 0 Å². The number of amides is 2. The molecule has 0 radical (unpaired) electrons. The maximum atomic E-state index is 12.8. The number of hydrogen-bond donors (Lipinski definition) is 0. The van der Waals surface area contributed by atoms with Gasteiger partial charge in [0.1, 0.15) is 13.2 Å². The van der Waals surface area contributed by atoms with E-state index < -0.39 is 0 Å². The first-order valence-electron chi connectivity index (χ1n) is 12.1. The Balaban J connectivity index is 0.964. The third-order valence-corrected chi connectivity index (χ3v) is 7.93. The smallest absolute Gasteiger partial charge is 0.233 e. The lowest BCUT2D eigenvalue weighted by molar-refractivity contribution is -0.140. The molecule has 2 amide bonds. The van der Waals surface area contributed by atoms with E-state index in [1.807, 2.05) is 12.1 Å². The summed E-state index contributed by atoms with van der Waals surface area (Å²) in [6.45, 7) is 6.73. The summed E-state index contributed by atoms with van der Waals surface area (Å²) in [5, 5.41) is 0. The van der Waals surface area contributed by atoms with Crippen LogP contribution in [0.1, 0.15) is 19.3 Å². The third kappa shape index (κ3) is 3.29. The summed E-state index contributed by atoms with van der Waals surface area (Å²) in [5.74, 6) is 2.36. The van der Waals surface area contributed by atoms with Gasteiger partial charge in [-0.2, -0.15) is 0 Å². The number of anilines is 1. The number of rotatable bonds is 6. The Morgan fingerprint density at radius 3 is 2.28 bits per heavy atom. The monoisotopic (exact) mass is 437 g/mol. The Labute approximate surface area is 188 Å². The van der Waals surface area contributed by atoms with E-state index in [1.54, 1.807) is 4.90 Å². The minimum atomic E-state index is -0.0660. The van der Waals surface area contributed by atoms with Crippen LogP contribution in [0.5, 0.6) is 11.5 Å². The number of likely N-dealkylation sites (tertiary alicyclic amines) is 1. The minimum Gasteiger partial charge on any atom is -0.486 e. The predicted molar refractivity (Wildman–Crippen MR) is 120 cm³/mol. The molecule has 5 aliphatic rings. The summed E-state index contributed by atoms with van der Waals surface area (Å²) in [6.07, 6.45) is 7.21. The van der Waals surface area contributed by atoms with E-state index in [0.29, 0.717) is 31.6 Å². The molecule has 1 saturated carbocycles. The Morgan fingerprint density at radius 2 is 1.53 bits per heavy atom. The number of allylic oxidation sites excluding steroid dienone is 2. The zero-order chi connectivity index (χ0) is 21.7. The van der Waals surface area contributed by atoms with E-state index in [1.165, 1.54) is 0 Å². The van der Waals surface area contributed by atoms with Crippen molar-refractivity contribution in [3.63, 3.8) is 0 Å². The van der Waals surface area contributed by atoms with Crippen LogP contribution >= 0.6 is 0 Å². The lowest BCUT2D eigenvalue weighted by atomic mass is 9.85. The summed E-state index contributed by atoms with van der Waals surface area (Å²) in [5.41, 5.74) is 1.13. The third-order valence-electron chi connectivity index (χ3n) is 7.93. The molecule has 0 N–H and O–H groups in total. The van der Waals surface area contributed by atoms with Crippen LogP contribution in [0.15, 0.2) is 30.4 Å². The Bertz CT molecular complexity index is 909. The first kappa shape index (κ1) is 20.1. The number of para-hydroxylation sites is 1. The molecule has 4 atom stereocenters. The predicted octanol–water partition coefficient (Wildman–Crippen LogP) is 2.17. The second-order valence-electron chi connectivity index (χ2n) is 9.67. The van der Waals surface area contributed by atoms with E-state index in [4.69, 9.17) is 9.47 Å². The Kier molecular flexibility index (Phi) is 5.09. The second kappa shape index (κ2) is 8.10. The zero-order valence-corrected chi connectivity index (χ0v) is 18.4. The number of nitrogens with zero attached hydrogens (tertiary/aromatic N) is 3. The van der Waals surface area contributed by atoms with Gasteiger partial charge in [0, 0.05) is 32.7 Å². The molecule has 1 aromatic carbocycles. The molecular formula is C25H31N3O4. The number of piperazine rings is 1. The van der Waals surface area contributed by atoms with Gasteiger partial charge in [0.15, 0.2) is 11.5 Å².